The number of aryl methyl sites for hydroxylation is 1. The molecule has 0 spiro atoms. The molecule has 0 aliphatic heterocycles. The Morgan fingerprint density at radius 2 is 1.95 bits per heavy atom. The molecule has 10 nitrogen and oxygen atoms in total. The fourth-order valence-electron chi connectivity index (χ4n) is 4.19. The van der Waals surface area contributed by atoms with Gasteiger partial charge in [0.1, 0.15) is 11.4 Å². The number of amides is 1. The molecule has 0 aliphatic carbocycles. The van der Waals surface area contributed by atoms with Crippen LogP contribution in [0.15, 0.2) is 54.9 Å². The second-order valence-corrected chi connectivity index (χ2v) is 10.4. The maximum absolute atomic E-state index is 12.1. The number of rotatable bonds is 9. The summed E-state index contributed by atoms with van der Waals surface area (Å²) in [6.07, 6.45) is 3.45. The Morgan fingerprint density at radius 1 is 1.18 bits per heavy atom. The summed E-state index contributed by atoms with van der Waals surface area (Å²) in [7, 11) is 5.34. The van der Waals surface area contributed by atoms with Crippen LogP contribution >= 0.6 is 0 Å². The van der Waals surface area contributed by atoms with Crippen molar-refractivity contribution in [3.8, 4) is 17.0 Å². The number of fused-ring (bicyclic) bond motifs is 1. The van der Waals surface area contributed by atoms with E-state index in [0.717, 1.165) is 27.7 Å². The van der Waals surface area contributed by atoms with Crippen LogP contribution in [0.1, 0.15) is 26.3 Å². The fraction of sp³-hybridized carbons (Fsp3) is 0.345. The standard InChI is InChI=1S/C29H37N7O3/c1-29(2,3)39-28(37)35(4)14-13-31-17-19-15-26(38-6)24(16-22(19)30)34-27-32-12-11-23(33-27)21-18-36(5)25-10-8-7-9-20(21)25/h7-12,15-16,18,31H,13-14,17,30H2,1-6H3,(H,32,33,34). The highest BCUT2D eigenvalue weighted by Crippen LogP contribution is 2.33. The van der Waals surface area contributed by atoms with Crippen molar-refractivity contribution in [2.24, 2.45) is 7.05 Å². The van der Waals surface area contributed by atoms with Crippen LogP contribution < -0.4 is 21.1 Å². The van der Waals surface area contributed by atoms with Crippen LogP contribution in [0.4, 0.5) is 22.1 Å². The molecule has 0 saturated carbocycles. The third-order valence-electron chi connectivity index (χ3n) is 6.18. The zero-order valence-corrected chi connectivity index (χ0v) is 23.4. The Labute approximate surface area is 229 Å². The van der Waals surface area contributed by atoms with Crippen molar-refractivity contribution in [2.45, 2.75) is 32.9 Å². The van der Waals surface area contributed by atoms with Crippen molar-refractivity contribution >= 4 is 34.3 Å². The second-order valence-electron chi connectivity index (χ2n) is 10.4. The zero-order chi connectivity index (χ0) is 28.2. The van der Waals surface area contributed by atoms with Crippen molar-refractivity contribution in [1.82, 2.24) is 24.8 Å². The van der Waals surface area contributed by atoms with E-state index in [1.54, 1.807) is 25.3 Å². The van der Waals surface area contributed by atoms with E-state index in [4.69, 9.17) is 20.2 Å². The average molecular weight is 532 g/mol. The second kappa shape index (κ2) is 11.6. The molecule has 4 aromatic rings. The van der Waals surface area contributed by atoms with E-state index in [1.807, 2.05) is 58.2 Å². The molecule has 4 rings (SSSR count). The molecule has 4 N–H and O–H groups in total. The van der Waals surface area contributed by atoms with Gasteiger partial charge in [-0.25, -0.2) is 14.8 Å². The highest BCUT2D eigenvalue weighted by atomic mass is 16.6. The number of nitrogen functional groups attached to an aromatic ring is 1. The van der Waals surface area contributed by atoms with Gasteiger partial charge in [0.2, 0.25) is 5.95 Å². The van der Waals surface area contributed by atoms with E-state index in [1.165, 1.54) is 0 Å². The van der Waals surface area contributed by atoms with Crippen molar-refractivity contribution in [3.63, 3.8) is 0 Å². The molecular formula is C29H37N7O3. The summed E-state index contributed by atoms with van der Waals surface area (Å²) in [4.78, 5) is 22.8. The van der Waals surface area contributed by atoms with Crippen LogP contribution in [-0.2, 0) is 18.3 Å². The van der Waals surface area contributed by atoms with Gasteiger partial charge in [-0.2, -0.15) is 0 Å². The maximum Gasteiger partial charge on any atom is 0.410 e. The van der Waals surface area contributed by atoms with Crippen LogP contribution in [0.5, 0.6) is 5.75 Å². The van der Waals surface area contributed by atoms with Crippen LogP contribution in [-0.4, -0.2) is 58.4 Å². The van der Waals surface area contributed by atoms with E-state index in [2.05, 4.69) is 38.5 Å². The lowest BCUT2D eigenvalue weighted by Gasteiger charge is -2.24. The summed E-state index contributed by atoms with van der Waals surface area (Å²) in [5, 5.41) is 7.70. The molecule has 39 heavy (non-hydrogen) atoms. The van der Waals surface area contributed by atoms with E-state index >= 15 is 0 Å². The fourth-order valence-corrected chi connectivity index (χ4v) is 4.19. The van der Waals surface area contributed by atoms with Crippen molar-refractivity contribution in [2.75, 3.05) is 38.3 Å². The zero-order valence-electron chi connectivity index (χ0n) is 23.4. The van der Waals surface area contributed by atoms with Crippen molar-refractivity contribution in [3.05, 3.63) is 60.4 Å². The number of nitrogens with one attached hydrogen (secondary N) is 2. The number of benzene rings is 2. The van der Waals surface area contributed by atoms with Crippen LogP contribution in [0.25, 0.3) is 22.2 Å². The van der Waals surface area contributed by atoms with Gasteiger partial charge in [0.25, 0.3) is 0 Å². The van der Waals surface area contributed by atoms with Gasteiger partial charge in [-0.15, -0.1) is 0 Å². The SMILES string of the molecule is COc1cc(CNCCN(C)C(=O)OC(C)(C)C)c(N)cc1Nc1nccc(-c2cn(C)c3ccccc23)n1. The number of ether oxygens (including phenoxy) is 2. The summed E-state index contributed by atoms with van der Waals surface area (Å²) in [6.45, 7) is 7.12. The van der Waals surface area contributed by atoms with Crippen LogP contribution in [0, 0.1) is 0 Å². The molecular weight excluding hydrogens is 494 g/mol. The Kier molecular flexibility index (Phi) is 8.25. The number of likely N-dealkylation sites (N-methyl/N-ethyl adjacent to an activating group) is 1. The molecule has 2 heterocycles. The number of aromatic nitrogens is 3. The minimum Gasteiger partial charge on any atom is -0.495 e. The summed E-state index contributed by atoms with van der Waals surface area (Å²) < 4.78 is 13.1. The lowest BCUT2D eigenvalue weighted by Crippen LogP contribution is -2.37. The Morgan fingerprint density at radius 3 is 2.69 bits per heavy atom. The predicted molar refractivity (Wildman–Crippen MR) is 155 cm³/mol. The van der Waals surface area contributed by atoms with Crippen molar-refractivity contribution < 1.29 is 14.3 Å². The summed E-state index contributed by atoms with van der Waals surface area (Å²) in [5.41, 5.74) is 11.0. The minimum absolute atomic E-state index is 0.354. The molecule has 2 aromatic heterocycles. The lowest BCUT2D eigenvalue weighted by atomic mass is 10.1. The van der Waals surface area contributed by atoms with Gasteiger partial charge in [-0.3, -0.25) is 0 Å². The third-order valence-corrected chi connectivity index (χ3v) is 6.18. The topological polar surface area (TPSA) is 120 Å². The molecule has 2 aromatic carbocycles. The summed E-state index contributed by atoms with van der Waals surface area (Å²) in [5.74, 6) is 1.06. The molecule has 0 unspecified atom stereocenters. The molecule has 0 saturated heterocycles. The highest BCUT2D eigenvalue weighted by Gasteiger charge is 2.19. The monoisotopic (exact) mass is 531 g/mol. The first-order valence-corrected chi connectivity index (χ1v) is 12.8. The minimum atomic E-state index is -0.526. The molecule has 10 heteroatoms. The van der Waals surface area contributed by atoms with Crippen LogP contribution in [0.2, 0.25) is 0 Å². The van der Waals surface area contributed by atoms with Gasteiger partial charge in [0.15, 0.2) is 0 Å². The number of carbonyl (C=O) groups excluding carboxylic acids is 1. The van der Waals surface area contributed by atoms with Gasteiger partial charge >= 0.3 is 6.09 Å². The number of hydrogen-bond acceptors (Lipinski definition) is 8. The first-order chi connectivity index (χ1) is 18.6. The number of hydrogen-bond donors (Lipinski definition) is 3. The number of nitrogens with zero attached hydrogens (tertiary/aromatic N) is 4. The highest BCUT2D eigenvalue weighted by molar-refractivity contribution is 5.95. The number of carbonyl (C=O) groups is 1. The van der Waals surface area contributed by atoms with E-state index in [0.29, 0.717) is 42.7 Å². The largest absolute Gasteiger partial charge is 0.495 e. The van der Waals surface area contributed by atoms with Gasteiger partial charge in [0, 0.05) is 68.3 Å². The molecule has 0 aliphatic rings. The molecule has 1 amide bonds. The lowest BCUT2D eigenvalue weighted by molar-refractivity contribution is 0.0300. The van der Waals surface area contributed by atoms with E-state index < -0.39 is 5.60 Å². The Bertz CT molecular complexity index is 1460. The first-order valence-electron chi connectivity index (χ1n) is 12.8. The Hall–Kier alpha value is -4.31. The molecule has 0 bridgehead atoms. The van der Waals surface area contributed by atoms with E-state index in [-0.39, 0.29) is 6.09 Å². The quantitative estimate of drug-likeness (QED) is 0.206. The number of methoxy groups -OCH3 is 1. The summed E-state index contributed by atoms with van der Waals surface area (Å²) in [6, 6.07) is 13.8. The van der Waals surface area contributed by atoms with Gasteiger partial charge in [-0.1, -0.05) is 18.2 Å². The Balaban J connectivity index is 1.43. The molecule has 0 radical (unpaired) electrons. The molecule has 0 fully saturated rings. The number of para-hydroxylation sites is 1. The van der Waals surface area contributed by atoms with Crippen molar-refractivity contribution in [1.29, 1.82) is 0 Å². The number of anilines is 3. The predicted octanol–water partition coefficient (Wildman–Crippen LogP) is 4.93. The molecule has 0 atom stereocenters. The maximum atomic E-state index is 12.1. The number of nitrogens with two attached hydrogens (primary N) is 1. The van der Waals surface area contributed by atoms with Gasteiger partial charge < -0.3 is 35.3 Å². The van der Waals surface area contributed by atoms with Gasteiger partial charge in [0.05, 0.1) is 18.5 Å². The average Bonchev–Trinajstić information content (AvgIpc) is 3.23. The van der Waals surface area contributed by atoms with E-state index in [9.17, 15) is 4.79 Å². The van der Waals surface area contributed by atoms with Gasteiger partial charge in [-0.05, 0) is 50.6 Å². The smallest absolute Gasteiger partial charge is 0.410 e. The summed E-state index contributed by atoms with van der Waals surface area (Å²) >= 11 is 0. The first kappa shape index (κ1) is 27.7. The molecule has 206 valence electrons. The normalized spacial score (nSPS) is 11.4. The third kappa shape index (κ3) is 6.77. The van der Waals surface area contributed by atoms with Crippen LogP contribution in [0.3, 0.4) is 0 Å².